The van der Waals surface area contributed by atoms with E-state index in [0.29, 0.717) is 5.56 Å². The first-order valence-corrected chi connectivity index (χ1v) is 5.22. The SMILES string of the molecule is COC(=O)CCNC(=O)c1ccc(CO)cc1. The topological polar surface area (TPSA) is 75.6 Å². The fourth-order valence-electron chi connectivity index (χ4n) is 1.24. The molecule has 1 rings (SSSR count). The van der Waals surface area contributed by atoms with E-state index >= 15 is 0 Å². The van der Waals surface area contributed by atoms with Crippen molar-refractivity contribution in [1.82, 2.24) is 5.32 Å². The van der Waals surface area contributed by atoms with E-state index in [9.17, 15) is 9.59 Å². The lowest BCUT2D eigenvalue weighted by Gasteiger charge is -2.04. The molecule has 2 N–H and O–H groups in total. The molecule has 1 amide bonds. The van der Waals surface area contributed by atoms with Crippen molar-refractivity contribution in [1.29, 1.82) is 0 Å². The number of aliphatic hydroxyl groups is 1. The van der Waals surface area contributed by atoms with Crippen LogP contribution >= 0.6 is 0 Å². The minimum atomic E-state index is -0.360. The third kappa shape index (κ3) is 4.24. The summed E-state index contributed by atoms with van der Waals surface area (Å²) in [5, 5.41) is 11.4. The molecule has 0 bridgehead atoms. The highest BCUT2D eigenvalue weighted by Gasteiger charge is 2.06. The van der Waals surface area contributed by atoms with Crippen molar-refractivity contribution >= 4 is 11.9 Å². The molecule has 0 saturated carbocycles. The van der Waals surface area contributed by atoms with Crippen LogP contribution in [0.4, 0.5) is 0 Å². The number of benzene rings is 1. The molecular weight excluding hydrogens is 222 g/mol. The highest BCUT2D eigenvalue weighted by Crippen LogP contribution is 2.04. The predicted octanol–water partition coefficient (Wildman–Crippen LogP) is 0.472. The Labute approximate surface area is 99.4 Å². The number of hydrogen-bond donors (Lipinski definition) is 2. The van der Waals surface area contributed by atoms with Crippen molar-refractivity contribution in [2.24, 2.45) is 0 Å². The van der Waals surface area contributed by atoms with Crippen molar-refractivity contribution in [2.45, 2.75) is 13.0 Å². The summed E-state index contributed by atoms with van der Waals surface area (Å²) >= 11 is 0. The lowest BCUT2D eigenvalue weighted by atomic mass is 10.1. The summed E-state index contributed by atoms with van der Waals surface area (Å²) in [6, 6.07) is 6.60. The van der Waals surface area contributed by atoms with Crippen molar-refractivity contribution in [2.75, 3.05) is 13.7 Å². The van der Waals surface area contributed by atoms with E-state index < -0.39 is 0 Å². The Morgan fingerprint density at radius 3 is 2.47 bits per heavy atom. The van der Waals surface area contributed by atoms with Gasteiger partial charge in [0.1, 0.15) is 0 Å². The Morgan fingerprint density at radius 1 is 1.29 bits per heavy atom. The van der Waals surface area contributed by atoms with E-state index in [1.807, 2.05) is 0 Å². The second-order valence-corrected chi connectivity index (χ2v) is 3.44. The molecule has 92 valence electrons. The molecule has 1 aromatic carbocycles. The van der Waals surface area contributed by atoms with Gasteiger partial charge in [-0.3, -0.25) is 9.59 Å². The fourth-order valence-corrected chi connectivity index (χ4v) is 1.24. The maximum Gasteiger partial charge on any atom is 0.307 e. The summed E-state index contributed by atoms with van der Waals surface area (Å²) in [6.07, 6.45) is 0.150. The predicted molar refractivity (Wildman–Crippen MR) is 61.3 cm³/mol. The maximum atomic E-state index is 11.6. The molecule has 0 aromatic heterocycles. The van der Waals surface area contributed by atoms with E-state index in [-0.39, 0.29) is 31.4 Å². The number of carbonyl (C=O) groups is 2. The van der Waals surface area contributed by atoms with Gasteiger partial charge in [-0.1, -0.05) is 12.1 Å². The highest BCUT2D eigenvalue weighted by molar-refractivity contribution is 5.94. The molecule has 5 heteroatoms. The molecule has 17 heavy (non-hydrogen) atoms. The molecular formula is C12H15NO4. The Hall–Kier alpha value is -1.88. The number of methoxy groups -OCH3 is 1. The van der Waals surface area contributed by atoms with Crippen molar-refractivity contribution in [3.63, 3.8) is 0 Å². The molecule has 0 aliphatic carbocycles. The van der Waals surface area contributed by atoms with Gasteiger partial charge in [-0.05, 0) is 17.7 Å². The van der Waals surface area contributed by atoms with Crippen molar-refractivity contribution in [3.05, 3.63) is 35.4 Å². The van der Waals surface area contributed by atoms with Crippen molar-refractivity contribution < 1.29 is 19.4 Å². The van der Waals surface area contributed by atoms with E-state index in [1.165, 1.54) is 7.11 Å². The van der Waals surface area contributed by atoms with E-state index in [4.69, 9.17) is 5.11 Å². The highest BCUT2D eigenvalue weighted by atomic mass is 16.5. The van der Waals surface area contributed by atoms with E-state index in [1.54, 1.807) is 24.3 Å². The van der Waals surface area contributed by atoms with E-state index in [0.717, 1.165) is 5.56 Å². The van der Waals surface area contributed by atoms with Crippen LogP contribution in [0.25, 0.3) is 0 Å². The molecule has 0 aliphatic rings. The number of esters is 1. The summed E-state index contributed by atoms with van der Waals surface area (Å²) in [5.74, 6) is -0.612. The van der Waals surface area contributed by atoms with Gasteiger partial charge in [-0.2, -0.15) is 0 Å². The lowest BCUT2D eigenvalue weighted by molar-refractivity contribution is -0.140. The lowest BCUT2D eigenvalue weighted by Crippen LogP contribution is -2.26. The monoisotopic (exact) mass is 237 g/mol. The number of aliphatic hydroxyl groups excluding tert-OH is 1. The molecule has 0 atom stereocenters. The minimum absolute atomic E-state index is 0.0513. The molecule has 0 saturated heterocycles. The minimum Gasteiger partial charge on any atom is -0.469 e. The van der Waals surface area contributed by atoms with E-state index in [2.05, 4.69) is 10.1 Å². The molecule has 0 spiro atoms. The fraction of sp³-hybridized carbons (Fsp3) is 0.333. The maximum absolute atomic E-state index is 11.6. The summed E-state index contributed by atoms with van der Waals surface area (Å²) in [7, 11) is 1.30. The molecule has 0 heterocycles. The molecule has 0 fully saturated rings. The first kappa shape index (κ1) is 13.2. The van der Waals surface area contributed by atoms with Crippen LogP contribution in [0, 0.1) is 0 Å². The normalized spacial score (nSPS) is 9.76. The molecule has 1 aromatic rings. The van der Waals surface area contributed by atoms with Gasteiger partial charge in [0.15, 0.2) is 0 Å². The third-order valence-corrected chi connectivity index (χ3v) is 2.24. The Bertz CT molecular complexity index is 386. The smallest absolute Gasteiger partial charge is 0.307 e. The zero-order valence-corrected chi connectivity index (χ0v) is 9.60. The first-order valence-electron chi connectivity index (χ1n) is 5.22. The number of rotatable bonds is 5. The number of amides is 1. The summed E-state index contributed by atoms with van der Waals surface area (Å²) in [5.41, 5.74) is 1.24. The van der Waals surface area contributed by atoms with Crippen LogP contribution < -0.4 is 5.32 Å². The zero-order valence-electron chi connectivity index (χ0n) is 9.60. The standard InChI is InChI=1S/C12H15NO4/c1-17-11(15)6-7-13-12(16)10-4-2-9(8-14)3-5-10/h2-5,14H,6-8H2,1H3,(H,13,16). The third-order valence-electron chi connectivity index (χ3n) is 2.24. The number of carbonyl (C=O) groups excluding carboxylic acids is 2. The summed E-state index contributed by atoms with van der Waals surface area (Å²) in [6.45, 7) is 0.192. The van der Waals surface area contributed by atoms with Gasteiger partial charge in [-0.15, -0.1) is 0 Å². The van der Waals surface area contributed by atoms with Crippen LogP contribution in [0.2, 0.25) is 0 Å². The molecule has 0 aliphatic heterocycles. The first-order chi connectivity index (χ1) is 8.17. The van der Waals surface area contributed by atoms with Crippen LogP contribution in [0.1, 0.15) is 22.3 Å². The Balaban J connectivity index is 2.44. The van der Waals surface area contributed by atoms with Crippen molar-refractivity contribution in [3.8, 4) is 0 Å². The molecule has 0 radical (unpaired) electrons. The van der Waals surface area contributed by atoms with Crippen LogP contribution in [0.3, 0.4) is 0 Å². The number of hydrogen-bond acceptors (Lipinski definition) is 4. The zero-order chi connectivity index (χ0) is 12.7. The van der Waals surface area contributed by atoms with Gasteiger partial charge in [0.2, 0.25) is 0 Å². The van der Waals surface area contributed by atoms with Crippen LogP contribution in [-0.4, -0.2) is 30.6 Å². The molecule has 0 unspecified atom stereocenters. The quantitative estimate of drug-likeness (QED) is 0.730. The van der Waals surface area contributed by atoms with Crippen LogP contribution in [-0.2, 0) is 16.1 Å². The Morgan fingerprint density at radius 2 is 1.94 bits per heavy atom. The second-order valence-electron chi connectivity index (χ2n) is 3.44. The van der Waals surface area contributed by atoms with Gasteiger partial charge in [0.05, 0.1) is 20.1 Å². The average Bonchev–Trinajstić information content (AvgIpc) is 2.38. The van der Waals surface area contributed by atoms with Gasteiger partial charge < -0.3 is 15.2 Å². The number of ether oxygens (including phenoxy) is 1. The van der Waals surface area contributed by atoms with Gasteiger partial charge >= 0.3 is 5.97 Å². The summed E-state index contributed by atoms with van der Waals surface area (Å²) < 4.78 is 4.45. The van der Waals surface area contributed by atoms with Crippen LogP contribution in [0.5, 0.6) is 0 Å². The largest absolute Gasteiger partial charge is 0.469 e. The second kappa shape index (κ2) is 6.65. The van der Waals surface area contributed by atoms with Gasteiger partial charge in [0, 0.05) is 12.1 Å². The number of nitrogens with one attached hydrogen (secondary N) is 1. The van der Waals surface area contributed by atoms with Crippen LogP contribution in [0.15, 0.2) is 24.3 Å². The van der Waals surface area contributed by atoms with Gasteiger partial charge in [-0.25, -0.2) is 0 Å². The molecule has 5 nitrogen and oxygen atoms in total. The average molecular weight is 237 g/mol. The van der Waals surface area contributed by atoms with Gasteiger partial charge in [0.25, 0.3) is 5.91 Å². The Kier molecular flexibility index (Phi) is 5.16. The summed E-state index contributed by atoms with van der Waals surface area (Å²) in [4.78, 5) is 22.4.